The van der Waals surface area contributed by atoms with Gasteiger partial charge in [-0.05, 0) is 6.07 Å². The van der Waals surface area contributed by atoms with Crippen LogP contribution in [0.3, 0.4) is 0 Å². The Hall–Kier alpha value is -1.66. The molecule has 6 nitrogen and oxygen atoms in total. The van der Waals surface area contributed by atoms with Gasteiger partial charge >= 0.3 is 0 Å². The van der Waals surface area contributed by atoms with Crippen LogP contribution in [0, 0.1) is 0 Å². The molecule has 0 aliphatic carbocycles. The second-order valence-corrected chi connectivity index (χ2v) is 2.54. The zero-order valence-electron chi connectivity index (χ0n) is 8.30. The summed E-state index contributed by atoms with van der Waals surface area (Å²) >= 11 is 0. The lowest BCUT2D eigenvalue weighted by molar-refractivity contribution is 0.420. The number of nitrogens with zero attached hydrogens (tertiary/aromatic N) is 2. The van der Waals surface area contributed by atoms with Crippen molar-refractivity contribution >= 4 is 0 Å². The molecule has 15 heavy (non-hydrogen) atoms. The summed E-state index contributed by atoms with van der Waals surface area (Å²) < 4.78 is 8.81. The minimum atomic E-state index is 1.00. The second-order valence-electron chi connectivity index (χ2n) is 2.54. The maximum atomic E-state index is 4.47. The van der Waals surface area contributed by atoms with E-state index >= 15 is 0 Å². The Morgan fingerprint density at radius 1 is 1.07 bits per heavy atom. The fourth-order valence-electron chi connectivity index (χ4n) is 0.793. The summed E-state index contributed by atoms with van der Waals surface area (Å²) in [6.07, 6.45) is 7.57. The number of hydrogen-bond donors (Lipinski definition) is 2. The molecular weight excluding hydrogens is 196 g/mol. The maximum Gasteiger partial charge on any atom is 0.180 e. The summed E-state index contributed by atoms with van der Waals surface area (Å²) in [5.74, 6) is 0. The standard InChI is InChI=1S/C3H8N2.2C3H3NO/c2*1-2-5-3-4-1;1-2-4-5-3-1/h4-5H,1-3H2;2*1-3H. The summed E-state index contributed by atoms with van der Waals surface area (Å²) in [4.78, 5) is 3.56. The summed E-state index contributed by atoms with van der Waals surface area (Å²) in [6, 6.07) is 1.72. The van der Waals surface area contributed by atoms with Gasteiger partial charge in [-0.1, -0.05) is 5.16 Å². The molecule has 1 fully saturated rings. The van der Waals surface area contributed by atoms with Gasteiger partial charge < -0.3 is 19.6 Å². The number of oxazole rings is 1. The van der Waals surface area contributed by atoms with Crippen LogP contribution in [0.4, 0.5) is 0 Å². The van der Waals surface area contributed by atoms with E-state index in [0.717, 1.165) is 19.8 Å². The molecule has 0 bridgehead atoms. The van der Waals surface area contributed by atoms with Crippen LogP contribution in [-0.4, -0.2) is 29.9 Å². The fraction of sp³-hybridized carbons (Fsp3) is 0.333. The van der Waals surface area contributed by atoms with E-state index in [1.54, 1.807) is 18.5 Å². The lowest BCUT2D eigenvalue weighted by atomic mass is 10.7. The topological polar surface area (TPSA) is 76.1 Å². The normalized spacial score (nSPS) is 13.3. The van der Waals surface area contributed by atoms with Crippen LogP contribution in [0.15, 0.2) is 46.3 Å². The molecule has 2 aromatic heterocycles. The SMILES string of the molecule is C1CNCN1.c1cnoc1.c1cocn1. The average Bonchev–Trinajstić information content (AvgIpc) is 3.09. The minimum absolute atomic E-state index is 1.00. The number of nitrogens with one attached hydrogen (secondary N) is 2. The first kappa shape index (κ1) is 11.4. The molecule has 0 amide bonds. The molecule has 6 heteroatoms. The van der Waals surface area contributed by atoms with Crippen LogP contribution in [0.1, 0.15) is 0 Å². The molecule has 2 aromatic rings. The van der Waals surface area contributed by atoms with Gasteiger partial charge in [-0.3, -0.25) is 0 Å². The summed E-state index contributed by atoms with van der Waals surface area (Å²) in [7, 11) is 0. The van der Waals surface area contributed by atoms with Crippen molar-refractivity contribution in [2.24, 2.45) is 0 Å². The Morgan fingerprint density at radius 3 is 2.13 bits per heavy atom. The minimum Gasteiger partial charge on any atom is -0.452 e. The molecule has 0 saturated carbocycles. The van der Waals surface area contributed by atoms with Crippen molar-refractivity contribution in [2.45, 2.75) is 0 Å². The van der Waals surface area contributed by atoms with E-state index in [1.807, 2.05) is 0 Å². The lowest BCUT2D eigenvalue weighted by Crippen LogP contribution is -2.11. The number of aromatic nitrogens is 2. The zero-order chi connectivity index (χ0) is 10.6. The van der Waals surface area contributed by atoms with Crippen molar-refractivity contribution in [1.29, 1.82) is 0 Å². The molecule has 1 aliphatic rings. The van der Waals surface area contributed by atoms with Gasteiger partial charge in [0.2, 0.25) is 0 Å². The van der Waals surface area contributed by atoms with Crippen molar-refractivity contribution < 1.29 is 8.94 Å². The van der Waals surface area contributed by atoms with Gasteiger partial charge in [0.1, 0.15) is 12.5 Å². The van der Waals surface area contributed by atoms with E-state index in [1.165, 1.54) is 18.9 Å². The highest BCUT2D eigenvalue weighted by molar-refractivity contribution is 4.67. The van der Waals surface area contributed by atoms with E-state index in [-0.39, 0.29) is 0 Å². The van der Waals surface area contributed by atoms with E-state index in [2.05, 4.69) is 29.7 Å². The molecule has 2 N–H and O–H groups in total. The van der Waals surface area contributed by atoms with Crippen LogP contribution >= 0.6 is 0 Å². The maximum absolute atomic E-state index is 4.47. The third-order valence-corrected chi connectivity index (χ3v) is 1.42. The third kappa shape index (κ3) is 7.41. The molecule has 0 spiro atoms. The first-order valence-corrected chi connectivity index (χ1v) is 4.58. The molecule has 0 radical (unpaired) electrons. The predicted octanol–water partition coefficient (Wildman–Crippen LogP) is 0.486. The van der Waals surface area contributed by atoms with Gasteiger partial charge in [0.15, 0.2) is 6.39 Å². The Morgan fingerprint density at radius 2 is 1.93 bits per heavy atom. The molecule has 0 aromatic carbocycles. The van der Waals surface area contributed by atoms with Crippen molar-refractivity contribution in [1.82, 2.24) is 20.8 Å². The van der Waals surface area contributed by atoms with Crippen molar-refractivity contribution in [3.05, 3.63) is 37.4 Å². The summed E-state index contributed by atoms with van der Waals surface area (Å²) in [6.45, 7) is 3.28. The van der Waals surface area contributed by atoms with E-state index in [4.69, 9.17) is 0 Å². The van der Waals surface area contributed by atoms with Gasteiger partial charge in [0.25, 0.3) is 0 Å². The third-order valence-electron chi connectivity index (χ3n) is 1.42. The van der Waals surface area contributed by atoms with Gasteiger partial charge in [-0.25, -0.2) is 4.98 Å². The Bertz CT molecular complexity index is 211. The highest BCUT2D eigenvalue weighted by Crippen LogP contribution is 1.72. The van der Waals surface area contributed by atoms with Crippen LogP contribution in [0.5, 0.6) is 0 Å². The van der Waals surface area contributed by atoms with Crippen LogP contribution < -0.4 is 10.6 Å². The molecule has 3 heterocycles. The van der Waals surface area contributed by atoms with E-state index in [9.17, 15) is 0 Å². The van der Waals surface area contributed by atoms with Crippen molar-refractivity contribution in [2.75, 3.05) is 19.8 Å². The molecule has 82 valence electrons. The van der Waals surface area contributed by atoms with E-state index < -0.39 is 0 Å². The Labute approximate surface area is 87.7 Å². The molecule has 3 rings (SSSR count). The molecule has 0 unspecified atom stereocenters. The smallest absolute Gasteiger partial charge is 0.180 e. The monoisotopic (exact) mass is 210 g/mol. The largest absolute Gasteiger partial charge is 0.452 e. The highest BCUT2D eigenvalue weighted by Gasteiger charge is 1.90. The second kappa shape index (κ2) is 8.92. The van der Waals surface area contributed by atoms with Gasteiger partial charge in [-0.15, -0.1) is 0 Å². The van der Waals surface area contributed by atoms with Gasteiger partial charge in [0.05, 0.1) is 12.4 Å². The number of rotatable bonds is 0. The summed E-state index contributed by atoms with van der Waals surface area (Å²) in [5.41, 5.74) is 0. The zero-order valence-corrected chi connectivity index (χ0v) is 8.30. The predicted molar refractivity (Wildman–Crippen MR) is 53.9 cm³/mol. The van der Waals surface area contributed by atoms with Gasteiger partial charge in [0, 0.05) is 19.8 Å². The molecule has 1 aliphatic heterocycles. The van der Waals surface area contributed by atoms with Gasteiger partial charge in [-0.2, -0.15) is 0 Å². The van der Waals surface area contributed by atoms with Crippen molar-refractivity contribution in [3.63, 3.8) is 0 Å². The molecule has 0 atom stereocenters. The lowest BCUT2D eigenvalue weighted by Gasteiger charge is -1.77. The number of hydrogen-bond acceptors (Lipinski definition) is 6. The van der Waals surface area contributed by atoms with E-state index in [0.29, 0.717) is 0 Å². The van der Waals surface area contributed by atoms with Crippen LogP contribution in [0.25, 0.3) is 0 Å². The highest BCUT2D eigenvalue weighted by atomic mass is 16.5. The molecular formula is C9H14N4O2. The van der Waals surface area contributed by atoms with Crippen LogP contribution in [-0.2, 0) is 0 Å². The quantitative estimate of drug-likeness (QED) is 0.659. The first-order valence-electron chi connectivity index (χ1n) is 4.58. The molecule has 1 saturated heterocycles. The first-order chi connectivity index (χ1) is 7.50. The van der Waals surface area contributed by atoms with Crippen molar-refractivity contribution in [3.8, 4) is 0 Å². The summed E-state index contributed by atoms with van der Waals surface area (Å²) in [5, 5.41) is 9.57. The average molecular weight is 210 g/mol. The Balaban J connectivity index is 0.000000112. The Kier molecular flexibility index (Phi) is 6.79. The van der Waals surface area contributed by atoms with Crippen LogP contribution in [0.2, 0.25) is 0 Å². The fourth-order valence-corrected chi connectivity index (χ4v) is 0.793.